The maximum Gasteiger partial charge on any atom is 0.322 e. The minimum Gasteiger partial charge on any atom is -0.497 e. The van der Waals surface area contributed by atoms with Crippen molar-refractivity contribution in [3.63, 3.8) is 0 Å². The molecular formula is C31H37N5O6S. The molecular weight excluding hydrogens is 570 g/mol. The van der Waals surface area contributed by atoms with Gasteiger partial charge in [0, 0.05) is 38.2 Å². The highest BCUT2D eigenvalue weighted by Crippen LogP contribution is 2.40. The number of amides is 3. The van der Waals surface area contributed by atoms with E-state index in [0.717, 1.165) is 29.2 Å². The summed E-state index contributed by atoms with van der Waals surface area (Å²) in [6.07, 6.45) is 0.497. The van der Waals surface area contributed by atoms with Gasteiger partial charge in [-0.1, -0.05) is 18.2 Å². The Morgan fingerprint density at radius 1 is 1.02 bits per heavy atom. The average Bonchev–Trinajstić information content (AvgIpc) is 3.74. The van der Waals surface area contributed by atoms with Gasteiger partial charge < -0.3 is 29.2 Å². The van der Waals surface area contributed by atoms with Crippen LogP contribution in [0.15, 0.2) is 65.1 Å². The van der Waals surface area contributed by atoms with Crippen molar-refractivity contribution in [2.24, 2.45) is 5.10 Å². The molecule has 1 unspecified atom stereocenters. The van der Waals surface area contributed by atoms with Crippen LogP contribution in [0, 0.1) is 0 Å². The van der Waals surface area contributed by atoms with Gasteiger partial charge in [-0.25, -0.2) is 9.80 Å². The highest BCUT2D eigenvalue weighted by molar-refractivity contribution is 7.12. The fraction of sp³-hybridized carbons (Fsp3) is 0.387. The molecule has 0 saturated carbocycles. The number of hydrazone groups is 1. The van der Waals surface area contributed by atoms with Crippen molar-refractivity contribution >= 4 is 34.7 Å². The van der Waals surface area contributed by atoms with Crippen molar-refractivity contribution in [3.05, 3.63) is 70.4 Å². The molecule has 3 amide bonds. The molecule has 2 aliphatic heterocycles. The molecule has 2 aliphatic rings. The summed E-state index contributed by atoms with van der Waals surface area (Å²) in [6.45, 7) is 3.61. The maximum absolute atomic E-state index is 14.1. The van der Waals surface area contributed by atoms with E-state index in [2.05, 4.69) is 10.2 Å². The third-order valence-electron chi connectivity index (χ3n) is 7.52. The second kappa shape index (κ2) is 14.4. The smallest absolute Gasteiger partial charge is 0.322 e. The third kappa shape index (κ3) is 7.27. The van der Waals surface area contributed by atoms with Crippen molar-refractivity contribution in [3.8, 4) is 17.2 Å². The van der Waals surface area contributed by atoms with Gasteiger partial charge >= 0.3 is 6.03 Å². The number of methoxy groups -OCH3 is 3. The maximum atomic E-state index is 14.1. The molecule has 1 aromatic heterocycles. The number of hydrogen-bond acceptors (Lipinski definition) is 9. The summed E-state index contributed by atoms with van der Waals surface area (Å²) in [5, 5.41) is 11.2. The van der Waals surface area contributed by atoms with E-state index >= 15 is 0 Å². The number of benzene rings is 2. The van der Waals surface area contributed by atoms with Gasteiger partial charge in [-0.15, -0.1) is 11.3 Å². The number of nitrogens with zero attached hydrogens (tertiary/aromatic N) is 4. The van der Waals surface area contributed by atoms with Crippen molar-refractivity contribution in [1.82, 2.24) is 14.8 Å². The molecule has 3 aromatic rings. The normalized spacial score (nSPS) is 16.9. The Bertz CT molecular complexity index is 1430. The van der Waals surface area contributed by atoms with Gasteiger partial charge in [0.1, 0.15) is 23.8 Å². The third-order valence-corrected chi connectivity index (χ3v) is 8.44. The Hall–Kier alpha value is -4.13. The number of nitrogens with one attached hydrogen (secondary N) is 1. The van der Waals surface area contributed by atoms with Gasteiger partial charge in [-0.2, -0.15) is 5.10 Å². The van der Waals surface area contributed by atoms with E-state index in [1.807, 2.05) is 47.8 Å². The second-order valence-electron chi connectivity index (χ2n) is 10.1. The Morgan fingerprint density at radius 3 is 2.53 bits per heavy atom. The number of carbonyl (C=O) groups is 2. The molecule has 11 nitrogen and oxygen atoms in total. The second-order valence-corrected chi connectivity index (χ2v) is 11.0. The van der Waals surface area contributed by atoms with Crippen LogP contribution < -0.4 is 19.5 Å². The van der Waals surface area contributed by atoms with E-state index in [4.69, 9.17) is 24.0 Å². The molecule has 1 atom stereocenters. The van der Waals surface area contributed by atoms with Gasteiger partial charge in [0.05, 0.1) is 56.9 Å². The van der Waals surface area contributed by atoms with E-state index in [9.17, 15) is 9.59 Å². The van der Waals surface area contributed by atoms with E-state index < -0.39 is 12.1 Å². The number of morpholine rings is 1. The van der Waals surface area contributed by atoms with Crippen molar-refractivity contribution < 1.29 is 28.5 Å². The van der Waals surface area contributed by atoms with E-state index in [1.54, 1.807) is 44.8 Å². The van der Waals surface area contributed by atoms with Gasteiger partial charge in [-0.3, -0.25) is 9.69 Å². The first-order valence-corrected chi connectivity index (χ1v) is 15.0. The molecule has 0 spiro atoms. The van der Waals surface area contributed by atoms with Crippen LogP contribution in [0.5, 0.6) is 17.2 Å². The zero-order chi connectivity index (χ0) is 30.2. The minimum absolute atomic E-state index is 0.171. The summed E-state index contributed by atoms with van der Waals surface area (Å²) >= 11 is 1.57. The van der Waals surface area contributed by atoms with Crippen LogP contribution in [0.4, 0.5) is 10.5 Å². The lowest BCUT2D eigenvalue weighted by atomic mass is 9.99. The van der Waals surface area contributed by atoms with Gasteiger partial charge in [0.15, 0.2) is 0 Å². The lowest BCUT2D eigenvalue weighted by Gasteiger charge is -2.31. The Morgan fingerprint density at radius 2 is 1.81 bits per heavy atom. The molecule has 228 valence electrons. The first kappa shape index (κ1) is 30.3. The lowest BCUT2D eigenvalue weighted by molar-refractivity contribution is -0.133. The predicted molar refractivity (Wildman–Crippen MR) is 165 cm³/mol. The molecule has 1 N–H and O–H groups in total. The summed E-state index contributed by atoms with van der Waals surface area (Å²) in [4.78, 5) is 32.5. The SMILES string of the molecule is COc1ccc(OC)c(C2CC(c3cccs3)=NN2C(=O)CN(CCN2CCOCC2)C(=O)Nc2ccccc2OC)c1. The molecule has 0 aliphatic carbocycles. The number of rotatable bonds is 11. The Kier molecular flexibility index (Phi) is 10.1. The van der Waals surface area contributed by atoms with Crippen LogP contribution >= 0.6 is 11.3 Å². The summed E-state index contributed by atoms with van der Waals surface area (Å²) in [5.41, 5.74) is 2.11. The molecule has 2 aromatic carbocycles. The molecule has 12 heteroatoms. The molecule has 0 bridgehead atoms. The zero-order valence-corrected chi connectivity index (χ0v) is 25.5. The molecule has 0 radical (unpaired) electrons. The van der Waals surface area contributed by atoms with Crippen molar-refractivity contribution in [2.45, 2.75) is 12.5 Å². The summed E-state index contributed by atoms with van der Waals surface area (Å²) in [6, 6.07) is 15.8. The summed E-state index contributed by atoms with van der Waals surface area (Å²) in [7, 11) is 4.75. The van der Waals surface area contributed by atoms with Gasteiger partial charge in [-0.05, 0) is 41.8 Å². The number of para-hydroxylation sites is 2. The average molecular weight is 608 g/mol. The van der Waals surface area contributed by atoms with E-state index in [-0.39, 0.29) is 12.5 Å². The van der Waals surface area contributed by atoms with Gasteiger partial charge in [0.2, 0.25) is 0 Å². The van der Waals surface area contributed by atoms with Crippen LogP contribution in [-0.2, 0) is 9.53 Å². The first-order chi connectivity index (χ1) is 21.0. The van der Waals surface area contributed by atoms with Crippen LogP contribution in [0.2, 0.25) is 0 Å². The van der Waals surface area contributed by atoms with Crippen LogP contribution in [0.3, 0.4) is 0 Å². The number of urea groups is 1. The minimum atomic E-state index is -0.437. The van der Waals surface area contributed by atoms with Crippen LogP contribution in [-0.4, -0.2) is 99.7 Å². The number of thiophene rings is 1. The van der Waals surface area contributed by atoms with E-state index in [1.165, 1.54) is 9.91 Å². The number of hydrogen-bond donors (Lipinski definition) is 1. The quantitative estimate of drug-likeness (QED) is 0.346. The fourth-order valence-electron chi connectivity index (χ4n) is 5.19. The highest BCUT2D eigenvalue weighted by Gasteiger charge is 2.36. The largest absolute Gasteiger partial charge is 0.497 e. The zero-order valence-electron chi connectivity index (χ0n) is 24.7. The van der Waals surface area contributed by atoms with Crippen molar-refractivity contribution in [1.29, 1.82) is 0 Å². The highest BCUT2D eigenvalue weighted by atomic mass is 32.1. The first-order valence-electron chi connectivity index (χ1n) is 14.1. The number of ether oxygens (including phenoxy) is 4. The fourth-order valence-corrected chi connectivity index (χ4v) is 5.91. The Balaban J connectivity index is 1.42. The monoisotopic (exact) mass is 607 g/mol. The van der Waals surface area contributed by atoms with Crippen LogP contribution in [0.25, 0.3) is 0 Å². The number of carbonyl (C=O) groups excluding carboxylic acids is 2. The molecule has 43 heavy (non-hydrogen) atoms. The Labute approximate surface area is 255 Å². The van der Waals surface area contributed by atoms with Crippen LogP contribution in [0.1, 0.15) is 22.9 Å². The molecule has 3 heterocycles. The molecule has 1 fully saturated rings. The molecule has 5 rings (SSSR count). The van der Waals surface area contributed by atoms with E-state index in [0.29, 0.717) is 55.7 Å². The number of anilines is 1. The van der Waals surface area contributed by atoms with Gasteiger partial charge in [0.25, 0.3) is 5.91 Å². The standard InChI is InChI=1S/C31H37N5O6S/c1-39-22-10-11-27(40-2)23(19-22)26-20-25(29-9-6-18-43-29)33-36(26)30(37)21-35(13-12-34-14-16-42-17-15-34)31(38)32-24-7-4-5-8-28(24)41-3/h4-11,18-19,26H,12-17,20-21H2,1-3H3,(H,32,38). The topological polar surface area (TPSA) is 105 Å². The summed E-state index contributed by atoms with van der Waals surface area (Å²) < 4.78 is 22.1. The van der Waals surface area contributed by atoms with Crippen molar-refractivity contribution in [2.75, 3.05) is 72.6 Å². The predicted octanol–water partition coefficient (Wildman–Crippen LogP) is 4.32. The summed E-state index contributed by atoms with van der Waals surface area (Å²) in [5.74, 6) is 1.50. The molecule has 1 saturated heterocycles. The lowest BCUT2D eigenvalue weighted by Crippen LogP contribution is -2.47.